The topological polar surface area (TPSA) is 75.4 Å². The molecule has 3 heterocycles. The molecule has 2 fully saturated rings. The zero-order valence-corrected chi connectivity index (χ0v) is 13.2. The lowest BCUT2D eigenvalue weighted by Gasteiger charge is -2.34. The van der Waals surface area contributed by atoms with E-state index in [1.54, 1.807) is 17.3 Å². The molecule has 21 heavy (non-hydrogen) atoms. The zero-order valence-electron chi connectivity index (χ0n) is 12.4. The fourth-order valence-electron chi connectivity index (χ4n) is 3.43. The fourth-order valence-corrected chi connectivity index (χ4v) is 4.95. The minimum absolute atomic E-state index is 0.0604. The zero-order chi connectivity index (χ0) is 14.9. The van der Waals surface area contributed by atoms with E-state index in [9.17, 15) is 8.42 Å². The van der Waals surface area contributed by atoms with E-state index in [1.807, 2.05) is 0 Å². The van der Waals surface area contributed by atoms with Crippen LogP contribution >= 0.6 is 0 Å². The largest absolute Gasteiger partial charge is 0.361 e. The molecule has 0 bridgehead atoms. The summed E-state index contributed by atoms with van der Waals surface area (Å²) in [7, 11) is -3.30. The van der Waals surface area contributed by atoms with Gasteiger partial charge < -0.3 is 9.84 Å². The number of nitrogens with zero attached hydrogens (tertiary/aromatic N) is 2. The summed E-state index contributed by atoms with van der Waals surface area (Å²) in [5.74, 6) is 1.02. The average Bonchev–Trinajstić information content (AvgIpc) is 3.10. The molecule has 6 nitrogen and oxygen atoms in total. The summed E-state index contributed by atoms with van der Waals surface area (Å²) in [6.07, 6.45) is 4.43. The van der Waals surface area contributed by atoms with Gasteiger partial charge in [-0.25, -0.2) is 12.7 Å². The summed E-state index contributed by atoms with van der Waals surface area (Å²) in [6.45, 7) is 4.09. The Hall–Kier alpha value is -0.920. The first-order valence-corrected chi connectivity index (χ1v) is 9.29. The molecule has 118 valence electrons. The van der Waals surface area contributed by atoms with Crippen LogP contribution in [-0.4, -0.2) is 43.6 Å². The minimum atomic E-state index is -3.30. The summed E-state index contributed by atoms with van der Waals surface area (Å²) in [4.78, 5) is 0. The van der Waals surface area contributed by atoms with Gasteiger partial charge in [-0.3, -0.25) is 0 Å². The van der Waals surface area contributed by atoms with E-state index < -0.39 is 10.0 Å². The van der Waals surface area contributed by atoms with Crippen LogP contribution in [-0.2, 0) is 15.8 Å². The van der Waals surface area contributed by atoms with Crippen molar-refractivity contribution in [1.82, 2.24) is 14.8 Å². The van der Waals surface area contributed by atoms with Crippen LogP contribution in [0.3, 0.4) is 0 Å². The lowest BCUT2D eigenvalue weighted by atomic mass is 9.91. The number of hydrogen-bond donors (Lipinski definition) is 1. The Morgan fingerprint density at radius 2 is 2.29 bits per heavy atom. The van der Waals surface area contributed by atoms with E-state index in [-0.39, 0.29) is 5.75 Å². The molecule has 1 N–H and O–H groups in total. The van der Waals surface area contributed by atoms with Gasteiger partial charge in [-0.1, -0.05) is 5.16 Å². The number of nitrogens with one attached hydrogen (secondary N) is 1. The van der Waals surface area contributed by atoms with Crippen molar-refractivity contribution in [2.24, 2.45) is 5.92 Å². The Bertz CT molecular complexity index is 578. The molecule has 2 saturated heterocycles. The second-order valence-corrected chi connectivity index (χ2v) is 8.12. The van der Waals surface area contributed by atoms with Crippen LogP contribution in [0, 0.1) is 12.8 Å². The summed E-state index contributed by atoms with van der Waals surface area (Å²) >= 11 is 0. The Morgan fingerprint density at radius 1 is 1.43 bits per heavy atom. The molecule has 2 aliphatic heterocycles. The Kier molecular flexibility index (Phi) is 4.33. The van der Waals surface area contributed by atoms with Crippen molar-refractivity contribution in [2.75, 3.05) is 19.6 Å². The van der Waals surface area contributed by atoms with E-state index in [4.69, 9.17) is 4.52 Å². The van der Waals surface area contributed by atoms with Crippen LogP contribution in [0.15, 0.2) is 10.6 Å². The summed E-state index contributed by atoms with van der Waals surface area (Å²) in [6, 6.07) is 2.18. The van der Waals surface area contributed by atoms with Crippen molar-refractivity contribution in [1.29, 1.82) is 0 Å². The van der Waals surface area contributed by atoms with Crippen molar-refractivity contribution >= 4 is 10.0 Å². The molecule has 2 aliphatic rings. The minimum Gasteiger partial charge on any atom is -0.361 e. The monoisotopic (exact) mass is 313 g/mol. The van der Waals surface area contributed by atoms with Crippen LogP contribution in [0.4, 0.5) is 0 Å². The van der Waals surface area contributed by atoms with Crippen LogP contribution in [0.25, 0.3) is 0 Å². The Balaban J connectivity index is 1.66. The third kappa shape index (κ3) is 3.46. The van der Waals surface area contributed by atoms with Crippen molar-refractivity contribution in [3.8, 4) is 0 Å². The van der Waals surface area contributed by atoms with Gasteiger partial charge in [0.15, 0.2) is 0 Å². The fraction of sp³-hybridized carbons (Fsp3) is 0.786. The van der Waals surface area contributed by atoms with Crippen molar-refractivity contribution in [2.45, 2.75) is 44.4 Å². The highest BCUT2D eigenvalue weighted by Crippen LogP contribution is 2.27. The first kappa shape index (κ1) is 15.0. The number of aryl methyl sites for hydroxylation is 1. The second kappa shape index (κ2) is 6.06. The molecule has 0 aromatic carbocycles. The van der Waals surface area contributed by atoms with Crippen molar-refractivity contribution in [3.05, 3.63) is 17.5 Å². The molecule has 0 amide bonds. The molecular weight excluding hydrogens is 290 g/mol. The first-order valence-electron chi connectivity index (χ1n) is 7.68. The van der Waals surface area contributed by atoms with Gasteiger partial charge in [0.25, 0.3) is 0 Å². The van der Waals surface area contributed by atoms with Gasteiger partial charge in [-0.15, -0.1) is 0 Å². The second-order valence-electron chi connectivity index (χ2n) is 6.15. The van der Waals surface area contributed by atoms with Gasteiger partial charge in [0.05, 0.1) is 0 Å². The van der Waals surface area contributed by atoms with Crippen molar-refractivity contribution < 1.29 is 12.9 Å². The molecule has 0 spiro atoms. The molecule has 1 aromatic rings. The maximum absolute atomic E-state index is 12.5. The predicted octanol–water partition coefficient (Wildman–Crippen LogP) is 1.28. The lowest BCUT2D eigenvalue weighted by Crippen LogP contribution is -2.46. The highest BCUT2D eigenvalue weighted by atomic mass is 32.2. The van der Waals surface area contributed by atoms with Gasteiger partial charge in [0.2, 0.25) is 10.0 Å². The predicted molar refractivity (Wildman–Crippen MR) is 79.2 cm³/mol. The van der Waals surface area contributed by atoms with E-state index in [0.717, 1.165) is 19.4 Å². The molecule has 0 radical (unpaired) electrons. The first-order chi connectivity index (χ1) is 10.0. The van der Waals surface area contributed by atoms with Crippen LogP contribution in [0.1, 0.15) is 37.1 Å². The molecule has 0 saturated carbocycles. The number of hydrogen-bond acceptors (Lipinski definition) is 5. The molecule has 3 rings (SSSR count). The van der Waals surface area contributed by atoms with E-state index in [2.05, 4.69) is 10.5 Å². The van der Waals surface area contributed by atoms with Crippen LogP contribution in [0.5, 0.6) is 0 Å². The molecule has 2 atom stereocenters. The molecule has 7 heteroatoms. The van der Waals surface area contributed by atoms with E-state index in [1.165, 1.54) is 12.8 Å². The summed E-state index contributed by atoms with van der Waals surface area (Å²) < 4.78 is 31.7. The standard InChI is InChI=1S/C14H23N3O3S/c1-11-8-13(16-20-11)10-21(18,19)17-7-3-4-12(9-17)14-5-2-6-15-14/h8,12,14-15H,2-7,9-10H2,1H3. The van der Waals surface area contributed by atoms with E-state index >= 15 is 0 Å². The average molecular weight is 313 g/mol. The number of piperidine rings is 1. The highest BCUT2D eigenvalue weighted by molar-refractivity contribution is 7.88. The quantitative estimate of drug-likeness (QED) is 0.906. The normalized spacial score (nSPS) is 28.0. The smallest absolute Gasteiger partial charge is 0.219 e. The Morgan fingerprint density at radius 3 is 2.95 bits per heavy atom. The van der Waals surface area contributed by atoms with Crippen LogP contribution < -0.4 is 5.32 Å². The van der Waals surface area contributed by atoms with Gasteiger partial charge in [0.1, 0.15) is 17.2 Å². The number of rotatable bonds is 4. The molecule has 1 aromatic heterocycles. The van der Waals surface area contributed by atoms with Crippen molar-refractivity contribution in [3.63, 3.8) is 0 Å². The highest BCUT2D eigenvalue weighted by Gasteiger charge is 2.34. The van der Waals surface area contributed by atoms with Gasteiger partial charge in [-0.05, 0) is 45.1 Å². The Labute approximate surface area is 125 Å². The maximum Gasteiger partial charge on any atom is 0.219 e. The summed E-state index contributed by atoms with van der Waals surface area (Å²) in [5, 5.41) is 7.30. The third-order valence-electron chi connectivity index (χ3n) is 4.49. The van der Waals surface area contributed by atoms with Crippen LogP contribution in [0.2, 0.25) is 0 Å². The van der Waals surface area contributed by atoms with Gasteiger partial charge in [-0.2, -0.15) is 0 Å². The van der Waals surface area contributed by atoms with Gasteiger partial charge >= 0.3 is 0 Å². The lowest BCUT2D eigenvalue weighted by molar-refractivity contribution is 0.226. The maximum atomic E-state index is 12.5. The third-order valence-corrected chi connectivity index (χ3v) is 6.27. The van der Waals surface area contributed by atoms with E-state index in [0.29, 0.717) is 36.5 Å². The molecule has 2 unspecified atom stereocenters. The SMILES string of the molecule is Cc1cc(CS(=O)(=O)N2CCCC(C3CCCN3)C2)no1. The van der Waals surface area contributed by atoms with Gasteiger partial charge in [0, 0.05) is 25.2 Å². The number of sulfonamides is 1. The number of aromatic nitrogens is 1. The summed E-state index contributed by atoms with van der Waals surface area (Å²) in [5.41, 5.74) is 0.494. The molecule has 0 aliphatic carbocycles. The molecular formula is C14H23N3O3S.